The van der Waals surface area contributed by atoms with E-state index in [4.69, 9.17) is 31.0 Å². The topological polar surface area (TPSA) is 95.3 Å². The van der Waals surface area contributed by atoms with E-state index >= 15 is 0 Å². The molecule has 0 amide bonds. The summed E-state index contributed by atoms with van der Waals surface area (Å²) in [5.74, 6) is 1.47. The normalized spacial score (nSPS) is 12.2. The van der Waals surface area contributed by atoms with Gasteiger partial charge in [-0.05, 0) is 66.4 Å². The van der Waals surface area contributed by atoms with Crippen molar-refractivity contribution in [2.24, 2.45) is 0 Å². The first-order valence-electron chi connectivity index (χ1n) is 15.3. The summed E-state index contributed by atoms with van der Waals surface area (Å²) < 4.78 is 13.9. The van der Waals surface area contributed by atoms with E-state index in [1.54, 1.807) is 12.3 Å². The van der Waals surface area contributed by atoms with Crippen LogP contribution in [0.2, 0.25) is 5.02 Å². The zero-order chi connectivity index (χ0) is 33.7. The summed E-state index contributed by atoms with van der Waals surface area (Å²) in [6.07, 6.45) is 17.0. The third-order valence-corrected chi connectivity index (χ3v) is 6.43. The lowest BCUT2D eigenvalue weighted by Crippen LogP contribution is -2.24. The molecule has 0 aliphatic rings. The molecule has 44 heavy (non-hydrogen) atoms. The van der Waals surface area contributed by atoms with Gasteiger partial charge in [0.1, 0.15) is 23.8 Å². The molecule has 0 aliphatic heterocycles. The highest BCUT2D eigenvalue weighted by molar-refractivity contribution is 6.33. The lowest BCUT2D eigenvalue weighted by Gasteiger charge is -2.22. The predicted octanol–water partition coefficient (Wildman–Crippen LogP) is 9.19. The SMILES string of the molecule is C=O.CCC=O.C\C=C(/C=C\C(=C\CC)CN/C(=C/CC)c1nn(C(C)(C)C)c(Oc2ccnc(OCC)c2Cl)c1C)CC. The van der Waals surface area contributed by atoms with E-state index in [-0.39, 0.29) is 5.54 Å². The van der Waals surface area contributed by atoms with E-state index in [1.165, 1.54) is 11.1 Å². The molecule has 0 radical (unpaired) electrons. The molecule has 2 heterocycles. The summed E-state index contributed by atoms with van der Waals surface area (Å²) >= 11 is 6.58. The molecule has 0 unspecified atom stereocenters. The summed E-state index contributed by atoms with van der Waals surface area (Å²) in [6.45, 7) is 23.8. The van der Waals surface area contributed by atoms with Crippen LogP contribution in [0.1, 0.15) is 99.3 Å². The highest BCUT2D eigenvalue weighted by Crippen LogP contribution is 2.39. The van der Waals surface area contributed by atoms with Crippen molar-refractivity contribution in [3.05, 3.63) is 70.1 Å². The highest BCUT2D eigenvalue weighted by Gasteiger charge is 2.27. The Hall–Kier alpha value is -3.65. The van der Waals surface area contributed by atoms with Gasteiger partial charge in [0, 0.05) is 30.8 Å². The van der Waals surface area contributed by atoms with Gasteiger partial charge in [0.15, 0.2) is 5.75 Å². The van der Waals surface area contributed by atoms with E-state index in [9.17, 15) is 4.79 Å². The third kappa shape index (κ3) is 12.9. The maximum Gasteiger partial charge on any atom is 0.236 e. The van der Waals surface area contributed by atoms with Gasteiger partial charge in [-0.2, -0.15) is 5.10 Å². The minimum absolute atomic E-state index is 0.322. The smallest absolute Gasteiger partial charge is 0.236 e. The van der Waals surface area contributed by atoms with E-state index < -0.39 is 0 Å². The molecule has 0 aromatic carbocycles. The number of pyridine rings is 1. The van der Waals surface area contributed by atoms with Crippen molar-refractivity contribution in [3.8, 4) is 17.5 Å². The van der Waals surface area contributed by atoms with Crippen LogP contribution in [0.3, 0.4) is 0 Å². The van der Waals surface area contributed by atoms with E-state index in [1.807, 2.05) is 32.2 Å². The molecule has 0 saturated carbocycles. The number of allylic oxidation sites excluding steroid dienone is 5. The first-order chi connectivity index (χ1) is 21.0. The molecule has 2 aromatic rings. The van der Waals surface area contributed by atoms with Crippen LogP contribution >= 0.6 is 11.6 Å². The number of carbonyl (C=O) groups excluding carboxylic acids is 2. The number of ether oxygens (including phenoxy) is 2. The summed E-state index contributed by atoms with van der Waals surface area (Å²) in [5.41, 5.74) is 4.99. The predicted molar refractivity (Wildman–Crippen MR) is 184 cm³/mol. The first kappa shape index (κ1) is 40.4. The van der Waals surface area contributed by atoms with Gasteiger partial charge in [0.05, 0.1) is 17.8 Å². The number of hydrogen-bond acceptors (Lipinski definition) is 7. The van der Waals surface area contributed by atoms with Gasteiger partial charge in [-0.25, -0.2) is 9.67 Å². The van der Waals surface area contributed by atoms with Crippen LogP contribution in [0.5, 0.6) is 17.5 Å². The quantitative estimate of drug-likeness (QED) is 0.165. The van der Waals surface area contributed by atoms with Crippen molar-refractivity contribution < 1.29 is 19.1 Å². The van der Waals surface area contributed by atoms with Gasteiger partial charge < -0.3 is 24.4 Å². The van der Waals surface area contributed by atoms with Gasteiger partial charge in [-0.15, -0.1) is 0 Å². The molecule has 0 aliphatic carbocycles. The number of rotatable bonds is 14. The molecule has 0 bridgehead atoms. The maximum absolute atomic E-state index is 9.17. The molecule has 0 saturated heterocycles. The van der Waals surface area contributed by atoms with Crippen molar-refractivity contribution >= 4 is 30.4 Å². The second kappa shape index (κ2) is 21.9. The van der Waals surface area contributed by atoms with Crippen molar-refractivity contribution in [2.75, 3.05) is 13.2 Å². The zero-order valence-electron chi connectivity index (χ0n) is 28.4. The molecule has 1 N–H and O–H groups in total. The molecule has 0 atom stereocenters. The Morgan fingerprint density at radius 1 is 1.05 bits per heavy atom. The Balaban J connectivity index is 0.00000284. The molecular weight excluding hydrogens is 576 g/mol. The van der Waals surface area contributed by atoms with Gasteiger partial charge in [-0.3, -0.25) is 0 Å². The Labute approximate surface area is 270 Å². The molecule has 2 aromatic heterocycles. The second-order valence-corrected chi connectivity index (χ2v) is 10.9. The first-order valence-corrected chi connectivity index (χ1v) is 15.6. The molecule has 9 heteroatoms. The van der Waals surface area contributed by atoms with Crippen LogP contribution < -0.4 is 14.8 Å². The molecule has 0 fully saturated rings. The van der Waals surface area contributed by atoms with Crippen molar-refractivity contribution in [2.45, 2.75) is 100 Å². The van der Waals surface area contributed by atoms with E-state index in [2.05, 4.69) is 89.1 Å². The molecular formula is C35H53ClN4O4. The lowest BCUT2D eigenvalue weighted by molar-refractivity contribution is -0.107. The monoisotopic (exact) mass is 628 g/mol. The lowest BCUT2D eigenvalue weighted by atomic mass is 10.1. The van der Waals surface area contributed by atoms with Crippen LogP contribution in [0.4, 0.5) is 0 Å². The molecule has 2 rings (SSSR count). The third-order valence-electron chi connectivity index (χ3n) is 6.08. The second-order valence-electron chi connectivity index (χ2n) is 10.5. The van der Waals surface area contributed by atoms with Crippen LogP contribution in [-0.4, -0.2) is 41.0 Å². The summed E-state index contributed by atoms with van der Waals surface area (Å²) in [7, 11) is 0. The minimum Gasteiger partial charge on any atom is -0.477 e. The number of carbonyl (C=O) groups is 2. The summed E-state index contributed by atoms with van der Waals surface area (Å²) in [4.78, 5) is 21.4. The Morgan fingerprint density at radius 3 is 2.16 bits per heavy atom. The van der Waals surface area contributed by atoms with Crippen LogP contribution in [0, 0.1) is 6.92 Å². The van der Waals surface area contributed by atoms with Crippen LogP contribution in [0.25, 0.3) is 5.70 Å². The zero-order valence-corrected chi connectivity index (χ0v) is 29.2. The molecule has 244 valence electrons. The number of aldehydes is 1. The number of aromatic nitrogens is 3. The average Bonchev–Trinajstić information content (AvgIpc) is 3.34. The van der Waals surface area contributed by atoms with Gasteiger partial charge >= 0.3 is 0 Å². The summed E-state index contributed by atoms with van der Waals surface area (Å²) in [6, 6.07) is 1.74. The number of nitrogens with zero attached hydrogens (tertiary/aromatic N) is 3. The number of hydrogen-bond donors (Lipinski definition) is 1. The maximum atomic E-state index is 9.17. The minimum atomic E-state index is -0.322. The average molecular weight is 629 g/mol. The summed E-state index contributed by atoms with van der Waals surface area (Å²) in [5, 5.41) is 9.02. The van der Waals surface area contributed by atoms with Crippen LogP contribution in [-0.2, 0) is 15.1 Å². The Bertz CT molecular complexity index is 1270. The fourth-order valence-electron chi connectivity index (χ4n) is 3.89. The highest BCUT2D eigenvalue weighted by atomic mass is 35.5. The van der Waals surface area contributed by atoms with Gasteiger partial charge in [0.2, 0.25) is 11.8 Å². The van der Waals surface area contributed by atoms with Crippen molar-refractivity contribution in [1.29, 1.82) is 0 Å². The van der Waals surface area contributed by atoms with Gasteiger partial charge in [-0.1, -0.05) is 75.2 Å². The van der Waals surface area contributed by atoms with Crippen molar-refractivity contribution in [3.63, 3.8) is 0 Å². The van der Waals surface area contributed by atoms with E-state index in [0.717, 1.165) is 42.5 Å². The Morgan fingerprint density at radius 2 is 1.66 bits per heavy atom. The number of halogens is 1. The van der Waals surface area contributed by atoms with Crippen LogP contribution in [0.15, 0.2) is 53.8 Å². The Kier molecular flexibility index (Phi) is 20.1. The standard InChI is InChI=1S/C31H45ClN4O2.C3H6O.CH2O/c1-10-15-24(18-17-23(12-3)13-4)21-34-25(16-11-2)28-22(6)30(36(35-28)31(7,8)9)38-26-19-20-33-29(27(26)32)37-14-5;1-2-3-4;1-2/h12,15-20,34H,10-11,13-14,21H2,1-9H3;3H,2H2,1H3;1H2/b18-17-,23-12-,24-15-,25-16+;;. The molecule has 8 nitrogen and oxygen atoms in total. The number of nitrogens with one attached hydrogen (secondary N) is 1. The van der Waals surface area contributed by atoms with Crippen molar-refractivity contribution in [1.82, 2.24) is 20.1 Å². The fraction of sp³-hybridized carbons (Fsp3) is 0.486. The largest absolute Gasteiger partial charge is 0.477 e. The van der Waals surface area contributed by atoms with Gasteiger partial charge in [0.25, 0.3) is 0 Å². The molecule has 0 spiro atoms. The van der Waals surface area contributed by atoms with E-state index in [0.29, 0.717) is 42.1 Å². The fourth-order valence-corrected chi connectivity index (χ4v) is 4.09.